The molecule has 0 unspecified atom stereocenters. The molecule has 0 aromatic heterocycles. The van der Waals surface area contributed by atoms with Crippen LogP contribution in [0.4, 0.5) is 5.69 Å². The number of sulfonamides is 1. The number of para-hydroxylation sites is 1. The number of nitrogens with one attached hydrogen (secondary N) is 1. The van der Waals surface area contributed by atoms with E-state index in [1.54, 1.807) is 19.1 Å². The van der Waals surface area contributed by atoms with Gasteiger partial charge in [-0.05, 0) is 49.8 Å². The first-order valence-electron chi connectivity index (χ1n) is 12.2. The van der Waals surface area contributed by atoms with E-state index in [1.165, 1.54) is 4.90 Å². The van der Waals surface area contributed by atoms with E-state index in [0.29, 0.717) is 18.7 Å². The SMILES string of the molecule is CC[C@H](C)NC(=O)[C@@H](C)N(CCc1ccccc1)C(=O)CN(c1ccccc1C(C)C)S(C)(=O)=O. The summed E-state index contributed by atoms with van der Waals surface area (Å²) >= 11 is 0. The maximum atomic E-state index is 13.6. The lowest BCUT2D eigenvalue weighted by molar-refractivity contribution is -0.139. The van der Waals surface area contributed by atoms with Crippen molar-refractivity contribution in [3.8, 4) is 0 Å². The molecule has 0 saturated heterocycles. The molecule has 0 saturated carbocycles. The third-order valence-corrected chi connectivity index (χ3v) is 7.29. The van der Waals surface area contributed by atoms with Crippen LogP contribution in [0.5, 0.6) is 0 Å². The summed E-state index contributed by atoms with van der Waals surface area (Å²) in [7, 11) is -3.75. The van der Waals surface area contributed by atoms with Crippen molar-refractivity contribution < 1.29 is 18.0 Å². The maximum absolute atomic E-state index is 13.6. The largest absolute Gasteiger partial charge is 0.352 e. The van der Waals surface area contributed by atoms with Crippen molar-refractivity contribution in [3.63, 3.8) is 0 Å². The number of anilines is 1. The Hall–Kier alpha value is -2.87. The van der Waals surface area contributed by atoms with Crippen molar-refractivity contribution in [1.82, 2.24) is 10.2 Å². The number of amides is 2. The summed E-state index contributed by atoms with van der Waals surface area (Å²) in [5.74, 6) is -0.606. The van der Waals surface area contributed by atoms with Crippen molar-refractivity contribution in [1.29, 1.82) is 0 Å². The van der Waals surface area contributed by atoms with Crippen LogP contribution in [0.2, 0.25) is 0 Å². The Labute approximate surface area is 210 Å². The van der Waals surface area contributed by atoms with E-state index in [9.17, 15) is 18.0 Å². The van der Waals surface area contributed by atoms with Gasteiger partial charge in [0.2, 0.25) is 21.8 Å². The lowest BCUT2D eigenvalue weighted by Gasteiger charge is -2.32. The van der Waals surface area contributed by atoms with E-state index in [1.807, 2.05) is 70.2 Å². The number of rotatable bonds is 12. The predicted molar refractivity (Wildman–Crippen MR) is 142 cm³/mol. The van der Waals surface area contributed by atoms with Crippen LogP contribution in [0, 0.1) is 0 Å². The molecular weight excluding hydrogens is 462 g/mol. The van der Waals surface area contributed by atoms with Crippen molar-refractivity contribution in [3.05, 3.63) is 65.7 Å². The molecule has 35 heavy (non-hydrogen) atoms. The van der Waals surface area contributed by atoms with Gasteiger partial charge in [0.25, 0.3) is 0 Å². The molecule has 2 aromatic rings. The van der Waals surface area contributed by atoms with Crippen molar-refractivity contribution in [2.75, 3.05) is 23.7 Å². The van der Waals surface area contributed by atoms with Crippen LogP contribution in [-0.2, 0) is 26.0 Å². The van der Waals surface area contributed by atoms with E-state index in [0.717, 1.165) is 28.1 Å². The molecule has 192 valence electrons. The van der Waals surface area contributed by atoms with Gasteiger partial charge in [0.05, 0.1) is 11.9 Å². The van der Waals surface area contributed by atoms with Gasteiger partial charge in [-0.2, -0.15) is 0 Å². The molecule has 0 aliphatic carbocycles. The lowest BCUT2D eigenvalue weighted by atomic mass is 10.0. The zero-order valence-electron chi connectivity index (χ0n) is 21.7. The minimum atomic E-state index is -3.75. The van der Waals surface area contributed by atoms with Gasteiger partial charge in [0.15, 0.2) is 0 Å². The summed E-state index contributed by atoms with van der Waals surface area (Å²) in [6.45, 7) is 9.45. The molecule has 7 nitrogen and oxygen atoms in total. The second-order valence-corrected chi connectivity index (χ2v) is 11.2. The molecule has 0 aliphatic heterocycles. The van der Waals surface area contributed by atoms with E-state index in [4.69, 9.17) is 0 Å². The van der Waals surface area contributed by atoms with Crippen molar-refractivity contribution in [2.45, 2.75) is 65.5 Å². The van der Waals surface area contributed by atoms with Gasteiger partial charge < -0.3 is 10.2 Å². The van der Waals surface area contributed by atoms with Gasteiger partial charge in [0.1, 0.15) is 12.6 Å². The third-order valence-electron chi connectivity index (χ3n) is 6.16. The second kappa shape index (κ2) is 12.7. The molecule has 0 radical (unpaired) electrons. The highest BCUT2D eigenvalue weighted by Crippen LogP contribution is 2.29. The first kappa shape index (κ1) is 28.4. The lowest BCUT2D eigenvalue weighted by Crippen LogP contribution is -2.53. The van der Waals surface area contributed by atoms with Gasteiger partial charge in [0, 0.05) is 12.6 Å². The minimum absolute atomic E-state index is 0.0264. The standard InChI is InChI=1S/C27H39N3O4S/c1-7-21(4)28-27(32)22(5)29(18-17-23-13-9-8-10-14-23)26(31)19-30(35(6,33)34)25-16-12-11-15-24(25)20(2)3/h8-16,20-22H,7,17-19H2,1-6H3,(H,28,32)/t21-,22+/m0/s1. The predicted octanol–water partition coefficient (Wildman–Crippen LogP) is 3.95. The van der Waals surface area contributed by atoms with E-state index < -0.39 is 22.0 Å². The molecule has 2 atom stereocenters. The van der Waals surface area contributed by atoms with Crippen LogP contribution in [0.25, 0.3) is 0 Å². The van der Waals surface area contributed by atoms with Gasteiger partial charge in [-0.15, -0.1) is 0 Å². The average molecular weight is 502 g/mol. The molecule has 2 rings (SSSR count). The topological polar surface area (TPSA) is 86.8 Å². The summed E-state index contributed by atoms with van der Waals surface area (Å²) in [6, 6.07) is 16.1. The summed E-state index contributed by atoms with van der Waals surface area (Å²) in [5, 5.41) is 2.94. The van der Waals surface area contributed by atoms with Crippen LogP contribution in [0.15, 0.2) is 54.6 Å². The molecule has 2 amide bonds. The highest BCUT2D eigenvalue weighted by atomic mass is 32.2. The van der Waals surface area contributed by atoms with Crippen molar-refractivity contribution >= 4 is 27.5 Å². The Balaban J connectivity index is 2.37. The molecule has 0 aliphatic rings. The molecule has 2 aromatic carbocycles. The average Bonchev–Trinajstić information content (AvgIpc) is 2.82. The molecule has 0 heterocycles. The highest BCUT2D eigenvalue weighted by Gasteiger charge is 2.31. The summed E-state index contributed by atoms with van der Waals surface area (Å²) in [5.41, 5.74) is 2.35. The number of carbonyl (C=O) groups is 2. The van der Waals surface area contributed by atoms with Gasteiger partial charge >= 0.3 is 0 Å². The smallest absolute Gasteiger partial charge is 0.244 e. The maximum Gasteiger partial charge on any atom is 0.244 e. The Morgan fingerprint density at radius 2 is 1.54 bits per heavy atom. The van der Waals surface area contributed by atoms with E-state index >= 15 is 0 Å². The first-order chi connectivity index (χ1) is 16.5. The minimum Gasteiger partial charge on any atom is -0.352 e. The fourth-order valence-electron chi connectivity index (χ4n) is 3.83. The third kappa shape index (κ3) is 8.09. The van der Waals surface area contributed by atoms with E-state index in [2.05, 4.69) is 5.32 Å². The van der Waals surface area contributed by atoms with Gasteiger partial charge in [-0.3, -0.25) is 13.9 Å². The summed E-state index contributed by atoms with van der Waals surface area (Å²) in [4.78, 5) is 28.0. The van der Waals surface area contributed by atoms with Crippen LogP contribution in [0.1, 0.15) is 58.1 Å². The van der Waals surface area contributed by atoms with Crippen molar-refractivity contribution in [2.24, 2.45) is 0 Å². The molecule has 1 N–H and O–H groups in total. The fraction of sp³-hybridized carbons (Fsp3) is 0.481. The monoisotopic (exact) mass is 501 g/mol. The Bertz CT molecular complexity index is 1090. The number of hydrogen-bond acceptors (Lipinski definition) is 4. The van der Waals surface area contributed by atoms with Gasteiger partial charge in [-0.25, -0.2) is 8.42 Å². The molecule has 8 heteroatoms. The highest BCUT2D eigenvalue weighted by molar-refractivity contribution is 7.92. The van der Waals surface area contributed by atoms with Crippen LogP contribution in [-0.4, -0.2) is 56.6 Å². The zero-order chi connectivity index (χ0) is 26.2. The molecular formula is C27H39N3O4S. The van der Waals surface area contributed by atoms with Gasteiger partial charge in [-0.1, -0.05) is 69.3 Å². The Morgan fingerprint density at radius 3 is 2.11 bits per heavy atom. The number of carbonyl (C=O) groups excluding carboxylic acids is 2. The van der Waals surface area contributed by atoms with Crippen LogP contribution in [0.3, 0.4) is 0 Å². The quantitative estimate of drug-likeness (QED) is 0.477. The number of benzene rings is 2. The summed E-state index contributed by atoms with van der Waals surface area (Å²) < 4.78 is 26.8. The van der Waals surface area contributed by atoms with Crippen LogP contribution < -0.4 is 9.62 Å². The number of nitrogens with zero attached hydrogens (tertiary/aromatic N) is 2. The van der Waals surface area contributed by atoms with Crippen LogP contribution >= 0.6 is 0 Å². The van der Waals surface area contributed by atoms with E-state index in [-0.39, 0.29) is 24.4 Å². The Kier molecular flexibility index (Phi) is 10.3. The zero-order valence-corrected chi connectivity index (χ0v) is 22.5. The molecule has 0 spiro atoms. The normalized spacial score (nSPS) is 13.2. The summed E-state index contributed by atoms with van der Waals surface area (Å²) in [6.07, 6.45) is 2.42. The Morgan fingerprint density at radius 1 is 0.943 bits per heavy atom. The molecule has 0 bridgehead atoms. The molecule has 0 fully saturated rings. The second-order valence-electron chi connectivity index (χ2n) is 9.30. The first-order valence-corrected chi connectivity index (χ1v) is 14.0. The number of hydrogen-bond donors (Lipinski definition) is 1. The fourth-order valence-corrected chi connectivity index (χ4v) is 4.70.